The molecule has 1 fully saturated rings. The predicted molar refractivity (Wildman–Crippen MR) is 147 cm³/mol. The average molecular weight is 523 g/mol. The van der Waals surface area contributed by atoms with Crippen molar-refractivity contribution in [2.75, 3.05) is 19.6 Å². The van der Waals surface area contributed by atoms with Gasteiger partial charge in [0.25, 0.3) is 0 Å². The molecular weight excluding hydrogens is 489 g/mol. The maximum Gasteiger partial charge on any atom is 0.224 e. The number of hydrogen-bond acceptors (Lipinski definition) is 3. The molecule has 188 valence electrons. The molecule has 5 rings (SSSR count). The third-order valence-corrected chi connectivity index (χ3v) is 8.10. The molecule has 6 heteroatoms. The van der Waals surface area contributed by atoms with E-state index in [-0.39, 0.29) is 11.8 Å². The van der Waals surface area contributed by atoms with E-state index in [0.717, 1.165) is 63.1 Å². The van der Waals surface area contributed by atoms with Gasteiger partial charge in [0.15, 0.2) is 0 Å². The topological polar surface area (TPSA) is 35.6 Å². The molecule has 0 saturated carbocycles. The van der Waals surface area contributed by atoms with Crippen molar-refractivity contribution < 1.29 is 4.79 Å². The largest absolute Gasteiger partial charge is 0.352 e. The summed E-state index contributed by atoms with van der Waals surface area (Å²) in [4.78, 5) is 17.8. The van der Waals surface area contributed by atoms with Gasteiger partial charge in [0.2, 0.25) is 5.91 Å². The molecule has 2 aliphatic rings. The van der Waals surface area contributed by atoms with Crippen LogP contribution in [0.4, 0.5) is 0 Å². The summed E-state index contributed by atoms with van der Waals surface area (Å²) < 4.78 is 0. The van der Waals surface area contributed by atoms with E-state index >= 15 is 0 Å². The predicted octanol–water partition coefficient (Wildman–Crippen LogP) is 6.08. The summed E-state index contributed by atoms with van der Waals surface area (Å²) in [5, 5.41) is 4.55. The SMILES string of the molecule is O=C(NCc1cccc(CN2CCc3ccccc3C2)c1)C1CCCN(Cc2c(Cl)cccc2Cl)C1. The van der Waals surface area contributed by atoms with Crippen LogP contribution in [0.1, 0.15) is 40.7 Å². The molecule has 3 aromatic carbocycles. The van der Waals surface area contributed by atoms with Crippen molar-refractivity contribution in [3.05, 3.63) is 105 Å². The molecule has 2 heterocycles. The molecule has 1 N–H and O–H groups in total. The Hall–Kier alpha value is -2.37. The van der Waals surface area contributed by atoms with Gasteiger partial charge in [0.05, 0.1) is 5.92 Å². The Labute approximate surface area is 224 Å². The number of likely N-dealkylation sites (tertiary alicyclic amines) is 1. The molecular formula is C30H33Cl2N3O. The first kappa shape index (κ1) is 25.3. The molecule has 0 aromatic heterocycles. The number of piperidine rings is 1. The van der Waals surface area contributed by atoms with Gasteiger partial charge in [-0.1, -0.05) is 77.8 Å². The molecule has 1 atom stereocenters. The van der Waals surface area contributed by atoms with Crippen molar-refractivity contribution in [3.63, 3.8) is 0 Å². The number of rotatable bonds is 7. The maximum absolute atomic E-state index is 13.0. The third-order valence-electron chi connectivity index (χ3n) is 7.39. The van der Waals surface area contributed by atoms with Crippen molar-refractivity contribution in [2.24, 2.45) is 5.92 Å². The number of nitrogens with one attached hydrogen (secondary N) is 1. The normalized spacial score (nSPS) is 18.6. The van der Waals surface area contributed by atoms with Gasteiger partial charge in [-0.05, 0) is 60.2 Å². The van der Waals surface area contributed by atoms with Crippen LogP contribution in [0, 0.1) is 5.92 Å². The zero-order valence-corrected chi connectivity index (χ0v) is 22.1. The van der Waals surface area contributed by atoms with E-state index in [2.05, 4.69) is 63.6 Å². The summed E-state index contributed by atoms with van der Waals surface area (Å²) >= 11 is 12.7. The van der Waals surface area contributed by atoms with Crippen LogP contribution in [0.15, 0.2) is 66.7 Å². The molecule has 2 aliphatic heterocycles. The number of fused-ring (bicyclic) bond motifs is 1. The summed E-state index contributed by atoms with van der Waals surface area (Å²) in [6.45, 7) is 5.91. The highest BCUT2D eigenvalue weighted by Gasteiger charge is 2.26. The fourth-order valence-electron chi connectivity index (χ4n) is 5.44. The van der Waals surface area contributed by atoms with Crippen LogP contribution < -0.4 is 5.32 Å². The monoisotopic (exact) mass is 521 g/mol. The lowest BCUT2D eigenvalue weighted by molar-refractivity contribution is -0.126. The summed E-state index contributed by atoms with van der Waals surface area (Å²) in [5.41, 5.74) is 6.29. The lowest BCUT2D eigenvalue weighted by atomic mass is 9.96. The molecule has 0 radical (unpaired) electrons. The number of benzene rings is 3. The molecule has 1 saturated heterocycles. The van der Waals surface area contributed by atoms with E-state index in [1.807, 2.05) is 18.2 Å². The molecule has 1 unspecified atom stereocenters. The van der Waals surface area contributed by atoms with Crippen LogP contribution in [0.25, 0.3) is 0 Å². The zero-order valence-electron chi connectivity index (χ0n) is 20.6. The van der Waals surface area contributed by atoms with Gasteiger partial charge in [-0.2, -0.15) is 0 Å². The van der Waals surface area contributed by atoms with Gasteiger partial charge in [0.1, 0.15) is 0 Å². The minimum Gasteiger partial charge on any atom is -0.352 e. The molecule has 0 bridgehead atoms. The average Bonchev–Trinajstić information content (AvgIpc) is 2.90. The summed E-state index contributed by atoms with van der Waals surface area (Å²) in [6, 6.07) is 23.0. The first-order valence-corrected chi connectivity index (χ1v) is 13.6. The van der Waals surface area contributed by atoms with Gasteiger partial charge < -0.3 is 5.32 Å². The van der Waals surface area contributed by atoms with Crippen molar-refractivity contribution >= 4 is 29.1 Å². The fraction of sp³-hybridized carbons (Fsp3) is 0.367. The van der Waals surface area contributed by atoms with E-state index in [1.165, 1.54) is 16.7 Å². The number of carbonyl (C=O) groups is 1. The molecule has 36 heavy (non-hydrogen) atoms. The Morgan fingerprint density at radius 2 is 1.61 bits per heavy atom. The minimum absolute atomic E-state index is 0.0170. The Morgan fingerprint density at radius 1 is 0.861 bits per heavy atom. The van der Waals surface area contributed by atoms with Gasteiger partial charge in [-0.3, -0.25) is 14.6 Å². The molecule has 0 aliphatic carbocycles. The number of amides is 1. The Morgan fingerprint density at radius 3 is 2.44 bits per heavy atom. The second kappa shape index (κ2) is 11.8. The van der Waals surface area contributed by atoms with E-state index < -0.39 is 0 Å². The maximum atomic E-state index is 13.0. The molecule has 1 amide bonds. The lowest BCUT2D eigenvalue weighted by Crippen LogP contribution is -2.42. The molecule has 3 aromatic rings. The Balaban J connectivity index is 1.13. The zero-order chi connectivity index (χ0) is 24.9. The van der Waals surface area contributed by atoms with E-state index in [4.69, 9.17) is 23.2 Å². The van der Waals surface area contributed by atoms with E-state index in [1.54, 1.807) is 0 Å². The van der Waals surface area contributed by atoms with Gasteiger partial charge in [0, 0.05) is 54.9 Å². The van der Waals surface area contributed by atoms with Crippen molar-refractivity contribution in [1.82, 2.24) is 15.1 Å². The van der Waals surface area contributed by atoms with Crippen LogP contribution in [0.3, 0.4) is 0 Å². The van der Waals surface area contributed by atoms with Crippen LogP contribution >= 0.6 is 23.2 Å². The van der Waals surface area contributed by atoms with Crippen LogP contribution in [-0.2, 0) is 37.4 Å². The van der Waals surface area contributed by atoms with Crippen LogP contribution in [-0.4, -0.2) is 35.3 Å². The first-order chi connectivity index (χ1) is 17.5. The quantitative estimate of drug-likeness (QED) is 0.409. The second-order valence-corrected chi connectivity index (χ2v) is 10.9. The van der Waals surface area contributed by atoms with Crippen molar-refractivity contribution in [1.29, 1.82) is 0 Å². The summed E-state index contributed by atoms with van der Waals surface area (Å²) in [6.07, 6.45) is 3.01. The minimum atomic E-state index is -0.0170. The smallest absolute Gasteiger partial charge is 0.224 e. The van der Waals surface area contributed by atoms with E-state index in [0.29, 0.717) is 23.1 Å². The van der Waals surface area contributed by atoms with Gasteiger partial charge in [-0.15, -0.1) is 0 Å². The second-order valence-electron chi connectivity index (χ2n) is 10.0. The highest BCUT2D eigenvalue weighted by molar-refractivity contribution is 6.35. The number of hydrogen-bond donors (Lipinski definition) is 1. The summed E-state index contributed by atoms with van der Waals surface area (Å²) in [5.74, 6) is 0.111. The summed E-state index contributed by atoms with van der Waals surface area (Å²) in [7, 11) is 0. The number of nitrogens with zero attached hydrogens (tertiary/aromatic N) is 2. The lowest BCUT2D eigenvalue weighted by Gasteiger charge is -2.32. The standard InChI is InChI=1S/C30H33Cl2N3O/c31-28-11-4-12-29(32)27(28)21-34-14-5-10-26(20-34)30(36)33-17-22-6-3-7-23(16-22)18-35-15-13-24-8-1-2-9-25(24)19-35/h1-4,6-9,11-12,16,26H,5,10,13-15,17-21H2,(H,33,36). The highest BCUT2D eigenvalue weighted by Crippen LogP contribution is 2.28. The molecule has 0 spiro atoms. The van der Waals surface area contributed by atoms with Crippen molar-refractivity contribution in [2.45, 2.75) is 45.4 Å². The van der Waals surface area contributed by atoms with Gasteiger partial charge in [-0.25, -0.2) is 0 Å². The number of carbonyl (C=O) groups excluding carboxylic acids is 1. The van der Waals surface area contributed by atoms with Crippen LogP contribution in [0.2, 0.25) is 10.0 Å². The Bertz CT molecular complexity index is 1190. The highest BCUT2D eigenvalue weighted by atomic mass is 35.5. The third kappa shape index (κ3) is 6.30. The van der Waals surface area contributed by atoms with E-state index in [9.17, 15) is 4.79 Å². The van der Waals surface area contributed by atoms with Crippen molar-refractivity contribution in [3.8, 4) is 0 Å². The first-order valence-electron chi connectivity index (χ1n) is 12.8. The van der Waals surface area contributed by atoms with Gasteiger partial charge >= 0.3 is 0 Å². The fourth-order valence-corrected chi connectivity index (χ4v) is 5.96. The van der Waals surface area contributed by atoms with Crippen LogP contribution in [0.5, 0.6) is 0 Å². The molecule has 4 nitrogen and oxygen atoms in total. The Kier molecular flexibility index (Phi) is 8.28. The number of halogens is 2.